The van der Waals surface area contributed by atoms with Crippen LogP contribution in [0.25, 0.3) is 11.3 Å². The summed E-state index contributed by atoms with van der Waals surface area (Å²) in [5.41, 5.74) is 3.45. The third kappa shape index (κ3) is 2.05. The summed E-state index contributed by atoms with van der Waals surface area (Å²) in [5, 5.41) is 10.9. The second kappa shape index (κ2) is 4.23. The molecule has 0 saturated carbocycles. The maximum Gasteiger partial charge on any atom is 0.0882 e. The number of nitrogens with zero attached hydrogens (tertiary/aromatic N) is 3. The quantitative estimate of drug-likeness (QED) is 0.813. The topological polar surface area (TPSA) is 42.7 Å². The highest BCUT2D eigenvalue weighted by atomic mass is 15.4. The lowest BCUT2D eigenvalue weighted by atomic mass is 10.1. The van der Waals surface area contributed by atoms with Crippen LogP contribution in [0.3, 0.4) is 0 Å². The van der Waals surface area contributed by atoms with Crippen LogP contribution in [-0.4, -0.2) is 22.0 Å². The summed E-state index contributed by atoms with van der Waals surface area (Å²) < 4.78 is 1.77. The molecule has 0 aliphatic heterocycles. The molecule has 2 aromatic rings. The van der Waals surface area contributed by atoms with E-state index in [0.717, 1.165) is 17.8 Å². The van der Waals surface area contributed by atoms with Gasteiger partial charge in [-0.2, -0.15) is 0 Å². The van der Waals surface area contributed by atoms with Gasteiger partial charge in [0, 0.05) is 19.2 Å². The van der Waals surface area contributed by atoms with Crippen LogP contribution < -0.4 is 5.32 Å². The van der Waals surface area contributed by atoms with Crippen molar-refractivity contribution in [1.82, 2.24) is 20.3 Å². The minimum absolute atomic E-state index is 0.893. The first-order valence-corrected chi connectivity index (χ1v) is 4.90. The molecule has 0 atom stereocenters. The van der Waals surface area contributed by atoms with E-state index in [9.17, 15) is 0 Å². The Kier molecular flexibility index (Phi) is 2.78. The Labute approximate surface area is 88.9 Å². The van der Waals surface area contributed by atoms with Gasteiger partial charge in [-0.3, -0.25) is 0 Å². The molecule has 0 saturated heterocycles. The lowest BCUT2D eigenvalue weighted by Crippen LogP contribution is -2.04. The van der Waals surface area contributed by atoms with Gasteiger partial charge in [0.05, 0.1) is 11.9 Å². The number of aromatic nitrogens is 3. The van der Waals surface area contributed by atoms with E-state index in [1.165, 1.54) is 5.56 Å². The number of hydrogen-bond donors (Lipinski definition) is 1. The van der Waals surface area contributed by atoms with E-state index >= 15 is 0 Å². The van der Waals surface area contributed by atoms with Gasteiger partial charge in [0.2, 0.25) is 0 Å². The molecule has 15 heavy (non-hydrogen) atoms. The molecule has 78 valence electrons. The van der Waals surface area contributed by atoms with Crippen molar-refractivity contribution in [2.75, 3.05) is 7.05 Å². The Balaban J connectivity index is 2.28. The summed E-state index contributed by atoms with van der Waals surface area (Å²) in [5.74, 6) is 0. The van der Waals surface area contributed by atoms with Crippen LogP contribution in [0.5, 0.6) is 0 Å². The predicted octanol–water partition coefficient (Wildman–Crippen LogP) is 1.20. The number of rotatable bonds is 3. The average molecular weight is 202 g/mol. The highest BCUT2D eigenvalue weighted by Gasteiger charge is 2.02. The first kappa shape index (κ1) is 9.86. The monoisotopic (exact) mass is 202 g/mol. The van der Waals surface area contributed by atoms with Gasteiger partial charge in [-0.15, -0.1) is 5.10 Å². The first-order valence-electron chi connectivity index (χ1n) is 4.90. The highest BCUT2D eigenvalue weighted by Crippen LogP contribution is 2.17. The maximum atomic E-state index is 3.91. The van der Waals surface area contributed by atoms with E-state index in [4.69, 9.17) is 0 Å². The van der Waals surface area contributed by atoms with Gasteiger partial charge >= 0.3 is 0 Å². The zero-order valence-corrected chi connectivity index (χ0v) is 8.94. The zero-order valence-electron chi connectivity index (χ0n) is 8.94. The van der Waals surface area contributed by atoms with Gasteiger partial charge in [0.25, 0.3) is 0 Å². The zero-order chi connectivity index (χ0) is 10.7. The largest absolute Gasteiger partial charge is 0.316 e. The Bertz CT molecular complexity index is 430. The fourth-order valence-corrected chi connectivity index (χ4v) is 1.55. The molecule has 0 aliphatic rings. The molecule has 2 rings (SSSR count). The van der Waals surface area contributed by atoms with E-state index in [2.05, 4.69) is 39.9 Å². The Morgan fingerprint density at radius 3 is 2.53 bits per heavy atom. The van der Waals surface area contributed by atoms with Crippen molar-refractivity contribution in [2.45, 2.75) is 6.54 Å². The van der Waals surface area contributed by atoms with Crippen LogP contribution in [0.15, 0.2) is 30.5 Å². The summed E-state index contributed by atoms with van der Waals surface area (Å²) in [6.45, 7) is 0.893. The summed E-state index contributed by atoms with van der Waals surface area (Å²) >= 11 is 0. The van der Waals surface area contributed by atoms with E-state index < -0.39 is 0 Å². The fourth-order valence-electron chi connectivity index (χ4n) is 1.55. The van der Waals surface area contributed by atoms with Crippen molar-refractivity contribution in [3.05, 3.63) is 36.0 Å². The van der Waals surface area contributed by atoms with E-state index in [1.807, 2.05) is 14.1 Å². The molecule has 0 spiro atoms. The Morgan fingerprint density at radius 1 is 1.27 bits per heavy atom. The molecule has 0 fully saturated rings. The number of nitrogens with one attached hydrogen (secondary N) is 1. The molecule has 1 aromatic carbocycles. The van der Waals surface area contributed by atoms with Crippen molar-refractivity contribution >= 4 is 0 Å². The number of aryl methyl sites for hydroxylation is 1. The molecular formula is C11H14N4. The lowest BCUT2D eigenvalue weighted by molar-refractivity contribution is 0.720. The minimum atomic E-state index is 0.893. The van der Waals surface area contributed by atoms with Crippen molar-refractivity contribution in [3.8, 4) is 11.3 Å². The van der Waals surface area contributed by atoms with Crippen LogP contribution >= 0.6 is 0 Å². The minimum Gasteiger partial charge on any atom is -0.316 e. The Hall–Kier alpha value is -1.68. The average Bonchev–Trinajstić information content (AvgIpc) is 2.66. The molecule has 1 aromatic heterocycles. The standard InChI is InChI=1S/C11H14N4/c1-12-7-9-3-5-10(6-4-9)11-8-13-14-15(11)2/h3-6,8,12H,7H2,1-2H3. The van der Waals surface area contributed by atoms with Crippen molar-refractivity contribution in [1.29, 1.82) is 0 Å². The lowest BCUT2D eigenvalue weighted by Gasteiger charge is -2.03. The van der Waals surface area contributed by atoms with E-state index in [-0.39, 0.29) is 0 Å². The second-order valence-electron chi connectivity index (χ2n) is 3.47. The molecular weight excluding hydrogens is 188 g/mol. The van der Waals surface area contributed by atoms with Crippen molar-refractivity contribution in [3.63, 3.8) is 0 Å². The number of hydrogen-bond acceptors (Lipinski definition) is 3. The van der Waals surface area contributed by atoms with Crippen LogP contribution in [-0.2, 0) is 13.6 Å². The van der Waals surface area contributed by atoms with Gasteiger partial charge in [-0.1, -0.05) is 29.5 Å². The third-order valence-corrected chi connectivity index (χ3v) is 2.35. The van der Waals surface area contributed by atoms with Gasteiger partial charge < -0.3 is 5.32 Å². The smallest absolute Gasteiger partial charge is 0.0882 e. The van der Waals surface area contributed by atoms with Crippen LogP contribution in [0.4, 0.5) is 0 Å². The fraction of sp³-hybridized carbons (Fsp3) is 0.273. The van der Waals surface area contributed by atoms with Crippen molar-refractivity contribution in [2.24, 2.45) is 7.05 Å². The molecule has 1 heterocycles. The maximum absolute atomic E-state index is 3.91. The molecule has 0 unspecified atom stereocenters. The van der Waals surface area contributed by atoms with E-state index in [0.29, 0.717) is 0 Å². The molecule has 0 aliphatic carbocycles. The summed E-state index contributed by atoms with van der Waals surface area (Å²) in [4.78, 5) is 0. The second-order valence-corrected chi connectivity index (χ2v) is 3.47. The van der Waals surface area contributed by atoms with Crippen LogP contribution in [0, 0.1) is 0 Å². The summed E-state index contributed by atoms with van der Waals surface area (Å²) in [6.07, 6.45) is 1.77. The molecule has 4 nitrogen and oxygen atoms in total. The molecule has 1 N–H and O–H groups in total. The normalized spacial score (nSPS) is 10.5. The molecule has 4 heteroatoms. The van der Waals surface area contributed by atoms with Gasteiger partial charge in [0.15, 0.2) is 0 Å². The van der Waals surface area contributed by atoms with E-state index in [1.54, 1.807) is 10.9 Å². The number of benzene rings is 1. The molecule has 0 amide bonds. The van der Waals surface area contributed by atoms with Gasteiger partial charge in [-0.05, 0) is 12.6 Å². The van der Waals surface area contributed by atoms with Gasteiger partial charge in [0.1, 0.15) is 0 Å². The van der Waals surface area contributed by atoms with Crippen molar-refractivity contribution < 1.29 is 0 Å². The SMILES string of the molecule is CNCc1ccc(-c2cnnn2C)cc1. The summed E-state index contributed by atoms with van der Waals surface area (Å²) in [6, 6.07) is 8.40. The van der Waals surface area contributed by atoms with Crippen LogP contribution in [0.1, 0.15) is 5.56 Å². The third-order valence-electron chi connectivity index (χ3n) is 2.35. The van der Waals surface area contributed by atoms with Crippen LogP contribution in [0.2, 0.25) is 0 Å². The Morgan fingerprint density at radius 2 is 2.00 bits per heavy atom. The first-order chi connectivity index (χ1) is 7.31. The predicted molar refractivity (Wildman–Crippen MR) is 59.2 cm³/mol. The van der Waals surface area contributed by atoms with Gasteiger partial charge in [-0.25, -0.2) is 4.68 Å². The molecule has 0 radical (unpaired) electrons. The highest BCUT2D eigenvalue weighted by molar-refractivity contribution is 5.58. The summed E-state index contributed by atoms with van der Waals surface area (Å²) in [7, 11) is 3.84. The molecule has 0 bridgehead atoms.